The quantitative estimate of drug-likeness (QED) is 0.878. The number of rotatable bonds is 4. The summed E-state index contributed by atoms with van der Waals surface area (Å²) in [6.45, 7) is 1.81. The van der Waals surface area contributed by atoms with E-state index >= 15 is 0 Å². The standard InChI is InChI=1S/C12H11F2NO2/c1-2-7-3-8(5-10(16)17)11(12(13)14)9(4-7)6-15/h3-4,12H,2,5H2,1H3,(H,16,17). The molecule has 0 spiro atoms. The average molecular weight is 239 g/mol. The highest BCUT2D eigenvalue weighted by atomic mass is 19.3. The zero-order valence-electron chi connectivity index (χ0n) is 9.20. The van der Waals surface area contributed by atoms with Crippen LogP contribution >= 0.6 is 0 Å². The third-order valence-corrected chi connectivity index (χ3v) is 2.41. The topological polar surface area (TPSA) is 61.1 Å². The van der Waals surface area contributed by atoms with Gasteiger partial charge in [0.2, 0.25) is 0 Å². The maximum Gasteiger partial charge on any atom is 0.307 e. The van der Waals surface area contributed by atoms with Crippen LogP contribution in [0.3, 0.4) is 0 Å². The summed E-state index contributed by atoms with van der Waals surface area (Å²) < 4.78 is 25.6. The van der Waals surface area contributed by atoms with E-state index in [2.05, 4.69) is 0 Å². The lowest BCUT2D eigenvalue weighted by atomic mass is 9.95. The van der Waals surface area contributed by atoms with Crippen molar-refractivity contribution in [3.63, 3.8) is 0 Å². The van der Waals surface area contributed by atoms with Gasteiger partial charge in [-0.15, -0.1) is 0 Å². The molecule has 0 radical (unpaired) electrons. The largest absolute Gasteiger partial charge is 0.481 e. The van der Waals surface area contributed by atoms with Crippen molar-refractivity contribution in [2.24, 2.45) is 0 Å². The van der Waals surface area contributed by atoms with Crippen molar-refractivity contribution in [3.8, 4) is 6.07 Å². The molecule has 0 unspecified atom stereocenters. The van der Waals surface area contributed by atoms with Crippen molar-refractivity contribution >= 4 is 5.97 Å². The number of benzene rings is 1. The van der Waals surface area contributed by atoms with Crippen molar-refractivity contribution in [2.75, 3.05) is 0 Å². The number of carbonyl (C=O) groups is 1. The Bertz CT molecular complexity index is 478. The van der Waals surface area contributed by atoms with Gasteiger partial charge in [0.25, 0.3) is 6.43 Å². The van der Waals surface area contributed by atoms with E-state index in [4.69, 9.17) is 10.4 Å². The lowest BCUT2D eigenvalue weighted by Gasteiger charge is -2.11. The second-order valence-electron chi connectivity index (χ2n) is 3.55. The molecule has 0 amide bonds. The second kappa shape index (κ2) is 5.39. The van der Waals surface area contributed by atoms with Gasteiger partial charge >= 0.3 is 5.97 Å². The molecule has 0 aromatic heterocycles. The molecule has 0 bridgehead atoms. The minimum Gasteiger partial charge on any atom is -0.481 e. The Kier molecular flexibility index (Phi) is 4.16. The number of halogens is 2. The van der Waals surface area contributed by atoms with Crippen LogP contribution in [0, 0.1) is 11.3 Å². The molecular formula is C12H11F2NO2. The SMILES string of the molecule is CCc1cc(C#N)c(C(F)F)c(CC(=O)O)c1. The van der Waals surface area contributed by atoms with Gasteiger partial charge in [-0.2, -0.15) is 5.26 Å². The van der Waals surface area contributed by atoms with Gasteiger partial charge in [-0.25, -0.2) is 8.78 Å². The first kappa shape index (κ1) is 13.1. The molecule has 1 rings (SSSR count). The highest BCUT2D eigenvalue weighted by Gasteiger charge is 2.20. The molecule has 1 aromatic rings. The normalized spacial score (nSPS) is 10.3. The van der Waals surface area contributed by atoms with E-state index < -0.39 is 24.4 Å². The van der Waals surface area contributed by atoms with Gasteiger partial charge < -0.3 is 5.11 Å². The number of alkyl halides is 2. The molecular weight excluding hydrogens is 228 g/mol. The molecule has 5 heteroatoms. The first-order valence-corrected chi connectivity index (χ1v) is 5.05. The molecule has 0 fully saturated rings. The lowest BCUT2D eigenvalue weighted by Crippen LogP contribution is -2.07. The van der Waals surface area contributed by atoms with Crippen LogP contribution < -0.4 is 0 Å². The van der Waals surface area contributed by atoms with E-state index in [1.807, 2.05) is 6.92 Å². The van der Waals surface area contributed by atoms with E-state index in [0.29, 0.717) is 12.0 Å². The molecule has 1 N–H and O–H groups in total. The predicted molar refractivity (Wildman–Crippen MR) is 56.8 cm³/mol. The number of aliphatic carboxylic acids is 1. The van der Waals surface area contributed by atoms with Crippen LogP contribution in [0.15, 0.2) is 12.1 Å². The Morgan fingerprint density at radius 2 is 2.18 bits per heavy atom. The monoisotopic (exact) mass is 239 g/mol. The van der Waals surface area contributed by atoms with E-state index in [1.165, 1.54) is 12.1 Å². The number of carboxylic acid groups (broad SMARTS) is 1. The fourth-order valence-corrected chi connectivity index (χ4v) is 1.64. The highest BCUT2D eigenvalue weighted by Crippen LogP contribution is 2.28. The summed E-state index contributed by atoms with van der Waals surface area (Å²) in [7, 11) is 0. The molecule has 17 heavy (non-hydrogen) atoms. The first-order chi connectivity index (χ1) is 7.99. The summed E-state index contributed by atoms with van der Waals surface area (Å²) in [5, 5.41) is 17.5. The zero-order chi connectivity index (χ0) is 13.0. The predicted octanol–water partition coefficient (Wildman–Crippen LogP) is 2.69. The second-order valence-corrected chi connectivity index (χ2v) is 3.55. The Morgan fingerprint density at radius 3 is 2.59 bits per heavy atom. The van der Waals surface area contributed by atoms with Gasteiger partial charge in [0, 0.05) is 5.56 Å². The van der Waals surface area contributed by atoms with Crippen molar-refractivity contribution in [1.29, 1.82) is 5.26 Å². The molecule has 90 valence electrons. The summed E-state index contributed by atoms with van der Waals surface area (Å²) in [6.07, 6.45) is -2.78. The molecule has 0 aliphatic heterocycles. The average Bonchev–Trinajstić information content (AvgIpc) is 2.26. The summed E-state index contributed by atoms with van der Waals surface area (Å²) in [4.78, 5) is 10.6. The van der Waals surface area contributed by atoms with Gasteiger partial charge in [0.15, 0.2) is 0 Å². The van der Waals surface area contributed by atoms with Crippen molar-refractivity contribution in [2.45, 2.75) is 26.2 Å². The molecule has 0 aliphatic rings. The fraction of sp³-hybridized carbons (Fsp3) is 0.333. The molecule has 0 heterocycles. The van der Waals surface area contributed by atoms with Gasteiger partial charge in [-0.05, 0) is 23.6 Å². The first-order valence-electron chi connectivity index (χ1n) is 5.05. The summed E-state index contributed by atoms with van der Waals surface area (Å²) >= 11 is 0. The van der Waals surface area contributed by atoms with Gasteiger partial charge in [0.1, 0.15) is 0 Å². The number of nitrogens with zero attached hydrogens (tertiary/aromatic N) is 1. The minimum absolute atomic E-state index is 0.0170. The van der Waals surface area contributed by atoms with Crippen LogP contribution in [0.25, 0.3) is 0 Å². The maximum atomic E-state index is 12.8. The molecule has 0 saturated heterocycles. The van der Waals surface area contributed by atoms with E-state index in [1.54, 1.807) is 6.07 Å². The minimum atomic E-state index is -2.84. The third kappa shape index (κ3) is 3.00. The van der Waals surface area contributed by atoms with E-state index in [9.17, 15) is 13.6 Å². The molecule has 3 nitrogen and oxygen atoms in total. The Balaban J connectivity index is 3.41. The Morgan fingerprint density at radius 1 is 1.53 bits per heavy atom. The Labute approximate surface area is 97.3 Å². The molecule has 0 atom stereocenters. The van der Waals surface area contributed by atoms with Crippen LogP contribution in [-0.2, 0) is 17.6 Å². The Hall–Kier alpha value is -1.96. The van der Waals surface area contributed by atoms with E-state index in [0.717, 1.165) is 0 Å². The van der Waals surface area contributed by atoms with Gasteiger partial charge in [-0.3, -0.25) is 4.79 Å². The molecule has 1 aromatic carbocycles. The number of aryl methyl sites for hydroxylation is 1. The number of hydrogen-bond acceptors (Lipinski definition) is 2. The molecule has 0 saturated carbocycles. The van der Waals surface area contributed by atoms with Gasteiger partial charge in [0.05, 0.1) is 18.1 Å². The van der Waals surface area contributed by atoms with Crippen LogP contribution in [0.4, 0.5) is 8.78 Å². The van der Waals surface area contributed by atoms with Crippen molar-refractivity contribution < 1.29 is 18.7 Å². The lowest BCUT2D eigenvalue weighted by molar-refractivity contribution is -0.136. The molecule has 0 aliphatic carbocycles. The van der Waals surface area contributed by atoms with Crippen molar-refractivity contribution in [1.82, 2.24) is 0 Å². The van der Waals surface area contributed by atoms with Crippen LogP contribution in [0.2, 0.25) is 0 Å². The summed E-state index contributed by atoms with van der Waals surface area (Å²) in [5.74, 6) is -1.19. The number of hydrogen-bond donors (Lipinski definition) is 1. The van der Waals surface area contributed by atoms with Gasteiger partial charge in [-0.1, -0.05) is 13.0 Å². The number of nitriles is 1. The zero-order valence-corrected chi connectivity index (χ0v) is 9.20. The van der Waals surface area contributed by atoms with E-state index in [-0.39, 0.29) is 11.1 Å². The van der Waals surface area contributed by atoms with Crippen molar-refractivity contribution in [3.05, 3.63) is 34.4 Å². The summed E-state index contributed by atoms with van der Waals surface area (Å²) in [5.41, 5.74) is 0.0910. The van der Waals surface area contributed by atoms with Crippen LogP contribution in [0.1, 0.15) is 35.6 Å². The maximum absolute atomic E-state index is 12.8. The number of carboxylic acids is 1. The van der Waals surface area contributed by atoms with Crippen LogP contribution in [0.5, 0.6) is 0 Å². The smallest absolute Gasteiger partial charge is 0.307 e. The van der Waals surface area contributed by atoms with Crippen LogP contribution in [-0.4, -0.2) is 11.1 Å². The summed E-state index contributed by atoms with van der Waals surface area (Å²) in [6, 6.07) is 4.50. The third-order valence-electron chi connectivity index (χ3n) is 2.41. The highest BCUT2D eigenvalue weighted by molar-refractivity contribution is 5.71. The fourth-order valence-electron chi connectivity index (χ4n) is 1.64.